The fourth-order valence-corrected chi connectivity index (χ4v) is 2.07. The number of rotatable bonds is 4. The van der Waals surface area contributed by atoms with E-state index in [1.54, 1.807) is 0 Å². The zero-order valence-corrected chi connectivity index (χ0v) is 10.3. The lowest BCUT2D eigenvalue weighted by Crippen LogP contribution is -2.32. The average molecular weight is 227 g/mol. The molecular formula is C12H19ClN2. The SMILES string of the molecule is CCC(C)C(NN)c1cc(C)cc(Cl)c1. The van der Waals surface area contributed by atoms with Gasteiger partial charge in [0, 0.05) is 11.1 Å². The van der Waals surface area contributed by atoms with Gasteiger partial charge in [0.1, 0.15) is 0 Å². The fourth-order valence-electron chi connectivity index (χ4n) is 1.77. The molecule has 3 heteroatoms. The highest BCUT2D eigenvalue weighted by atomic mass is 35.5. The van der Waals surface area contributed by atoms with Gasteiger partial charge in [0.05, 0.1) is 0 Å². The Labute approximate surface area is 96.8 Å². The molecule has 0 amide bonds. The minimum atomic E-state index is 0.174. The number of benzene rings is 1. The molecule has 2 atom stereocenters. The van der Waals surface area contributed by atoms with Crippen LogP contribution >= 0.6 is 11.6 Å². The molecule has 0 aliphatic heterocycles. The molecule has 0 aromatic heterocycles. The van der Waals surface area contributed by atoms with Crippen LogP contribution in [0.5, 0.6) is 0 Å². The van der Waals surface area contributed by atoms with E-state index in [0.717, 1.165) is 17.0 Å². The van der Waals surface area contributed by atoms with Crippen molar-refractivity contribution >= 4 is 11.6 Å². The molecule has 1 aromatic carbocycles. The third kappa shape index (κ3) is 3.20. The van der Waals surface area contributed by atoms with Crippen LogP contribution < -0.4 is 11.3 Å². The van der Waals surface area contributed by atoms with E-state index in [-0.39, 0.29) is 6.04 Å². The van der Waals surface area contributed by atoms with Crippen LogP contribution in [0.15, 0.2) is 18.2 Å². The van der Waals surface area contributed by atoms with Crippen molar-refractivity contribution in [2.45, 2.75) is 33.2 Å². The normalized spacial score (nSPS) is 15.0. The minimum Gasteiger partial charge on any atom is -0.271 e. The van der Waals surface area contributed by atoms with E-state index in [1.807, 2.05) is 19.1 Å². The van der Waals surface area contributed by atoms with Gasteiger partial charge >= 0.3 is 0 Å². The molecule has 0 fully saturated rings. The van der Waals surface area contributed by atoms with Crippen molar-refractivity contribution in [2.75, 3.05) is 0 Å². The highest BCUT2D eigenvalue weighted by molar-refractivity contribution is 6.30. The largest absolute Gasteiger partial charge is 0.271 e. The molecule has 15 heavy (non-hydrogen) atoms. The Balaban J connectivity index is 3.01. The third-order valence-corrected chi connectivity index (χ3v) is 3.03. The van der Waals surface area contributed by atoms with Crippen LogP contribution in [0.25, 0.3) is 0 Å². The van der Waals surface area contributed by atoms with Crippen LogP contribution in [0.3, 0.4) is 0 Å². The van der Waals surface area contributed by atoms with Crippen molar-refractivity contribution < 1.29 is 0 Å². The maximum Gasteiger partial charge on any atom is 0.0486 e. The number of hydrogen-bond donors (Lipinski definition) is 2. The Morgan fingerprint density at radius 2 is 2.07 bits per heavy atom. The second-order valence-electron chi connectivity index (χ2n) is 4.09. The summed E-state index contributed by atoms with van der Waals surface area (Å²) in [4.78, 5) is 0. The average Bonchev–Trinajstić information content (AvgIpc) is 2.17. The summed E-state index contributed by atoms with van der Waals surface area (Å²) < 4.78 is 0. The lowest BCUT2D eigenvalue weighted by atomic mass is 9.92. The smallest absolute Gasteiger partial charge is 0.0486 e. The molecule has 0 spiro atoms. The third-order valence-electron chi connectivity index (χ3n) is 2.82. The predicted molar refractivity (Wildman–Crippen MR) is 65.7 cm³/mol. The number of halogens is 1. The molecule has 0 bridgehead atoms. The molecule has 0 radical (unpaired) electrons. The summed E-state index contributed by atoms with van der Waals surface area (Å²) in [5, 5.41) is 0.772. The van der Waals surface area contributed by atoms with E-state index in [2.05, 4.69) is 25.3 Å². The van der Waals surface area contributed by atoms with Gasteiger partial charge in [-0.1, -0.05) is 37.9 Å². The molecule has 3 N–H and O–H groups in total. The zero-order valence-electron chi connectivity index (χ0n) is 9.55. The Kier molecular flexibility index (Phi) is 4.58. The molecule has 1 aromatic rings. The number of hydrazine groups is 1. The molecule has 0 saturated carbocycles. The zero-order chi connectivity index (χ0) is 11.4. The molecule has 0 aliphatic rings. The van der Waals surface area contributed by atoms with Gasteiger partial charge in [-0.3, -0.25) is 11.3 Å². The lowest BCUT2D eigenvalue weighted by molar-refractivity contribution is 0.383. The Bertz CT molecular complexity index is 305. The van der Waals surface area contributed by atoms with Gasteiger partial charge in [-0.05, 0) is 36.1 Å². The second-order valence-corrected chi connectivity index (χ2v) is 4.53. The van der Waals surface area contributed by atoms with Gasteiger partial charge in [0.15, 0.2) is 0 Å². The summed E-state index contributed by atoms with van der Waals surface area (Å²) in [5.74, 6) is 6.08. The first-order valence-electron chi connectivity index (χ1n) is 5.31. The fraction of sp³-hybridized carbons (Fsp3) is 0.500. The van der Waals surface area contributed by atoms with Crippen molar-refractivity contribution in [3.63, 3.8) is 0 Å². The minimum absolute atomic E-state index is 0.174. The van der Waals surface area contributed by atoms with Crippen molar-refractivity contribution in [3.05, 3.63) is 34.3 Å². The molecule has 0 heterocycles. The van der Waals surface area contributed by atoms with E-state index in [9.17, 15) is 0 Å². The van der Waals surface area contributed by atoms with E-state index in [4.69, 9.17) is 17.4 Å². The van der Waals surface area contributed by atoms with Crippen LogP contribution in [0.1, 0.15) is 37.4 Å². The highest BCUT2D eigenvalue weighted by Crippen LogP contribution is 2.26. The van der Waals surface area contributed by atoms with E-state index in [1.165, 1.54) is 5.56 Å². The highest BCUT2D eigenvalue weighted by Gasteiger charge is 2.16. The second kappa shape index (κ2) is 5.50. The van der Waals surface area contributed by atoms with Gasteiger partial charge in [0.25, 0.3) is 0 Å². The van der Waals surface area contributed by atoms with Crippen molar-refractivity contribution in [3.8, 4) is 0 Å². The van der Waals surface area contributed by atoms with Crippen molar-refractivity contribution in [1.82, 2.24) is 5.43 Å². The van der Waals surface area contributed by atoms with E-state index < -0.39 is 0 Å². The standard InChI is InChI=1S/C12H19ClN2/c1-4-9(3)12(15-14)10-5-8(2)6-11(13)7-10/h5-7,9,12,15H,4,14H2,1-3H3. The van der Waals surface area contributed by atoms with E-state index >= 15 is 0 Å². The Morgan fingerprint density at radius 3 is 2.53 bits per heavy atom. The number of hydrogen-bond acceptors (Lipinski definition) is 2. The lowest BCUT2D eigenvalue weighted by Gasteiger charge is -2.23. The van der Waals surface area contributed by atoms with Crippen molar-refractivity contribution in [1.29, 1.82) is 0 Å². The Morgan fingerprint density at radius 1 is 1.40 bits per heavy atom. The van der Waals surface area contributed by atoms with Gasteiger partial charge in [-0.25, -0.2) is 0 Å². The first-order chi connectivity index (χ1) is 7.08. The van der Waals surface area contributed by atoms with Gasteiger partial charge in [-0.15, -0.1) is 0 Å². The summed E-state index contributed by atoms with van der Waals surface area (Å²) in [7, 11) is 0. The topological polar surface area (TPSA) is 38.0 Å². The Hall–Kier alpha value is -0.570. The first-order valence-corrected chi connectivity index (χ1v) is 5.69. The quantitative estimate of drug-likeness (QED) is 0.611. The van der Waals surface area contributed by atoms with Crippen LogP contribution in [-0.4, -0.2) is 0 Å². The summed E-state index contributed by atoms with van der Waals surface area (Å²) >= 11 is 6.03. The van der Waals surface area contributed by atoms with Gasteiger partial charge < -0.3 is 0 Å². The van der Waals surface area contributed by atoms with Crippen LogP contribution in [-0.2, 0) is 0 Å². The van der Waals surface area contributed by atoms with Crippen molar-refractivity contribution in [2.24, 2.45) is 11.8 Å². The number of nitrogens with two attached hydrogens (primary N) is 1. The van der Waals surface area contributed by atoms with Crippen LogP contribution in [0.4, 0.5) is 0 Å². The van der Waals surface area contributed by atoms with Gasteiger partial charge in [-0.2, -0.15) is 0 Å². The maximum atomic E-state index is 6.03. The first kappa shape index (κ1) is 12.5. The molecular weight excluding hydrogens is 208 g/mol. The maximum absolute atomic E-state index is 6.03. The van der Waals surface area contributed by atoms with E-state index in [0.29, 0.717) is 5.92 Å². The predicted octanol–water partition coefficient (Wildman–Crippen LogP) is 3.20. The number of aryl methyl sites for hydroxylation is 1. The van der Waals surface area contributed by atoms with Crippen LogP contribution in [0, 0.1) is 12.8 Å². The molecule has 84 valence electrons. The summed E-state index contributed by atoms with van der Waals surface area (Å²) in [6, 6.07) is 6.23. The molecule has 1 rings (SSSR count). The monoisotopic (exact) mass is 226 g/mol. The summed E-state index contributed by atoms with van der Waals surface area (Å²) in [5.41, 5.74) is 5.20. The van der Waals surface area contributed by atoms with Crippen LogP contribution in [0.2, 0.25) is 5.02 Å². The molecule has 2 nitrogen and oxygen atoms in total. The van der Waals surface area contributed by atoms with Gasteiger partial charge in [0.2, 0.25) is 0 Å². The molecule has 0 saturated heterocycles. The summed E-state index contributed by atoms with van der Waals surface area (Å²) in [6.07, 6.45) is 1.08. The number of nitrogens with one attached hydrogen (secondary N) is 1. The molecule has 2 unspecified atom stereocenters. The summed E-state index contributed by atoms with van der Waals surface area (Å²) in [6.45, 7) is 6.38. The molecule has 0 aliphatic carbocycles.